The maximum atomic E-state index is 11.9. The predicted molar refractivity (Wildman–Crippen MR) is 72.5 cm³/mol. The molecule has 1 N–H and O–H groups in total. The van der Waals surface area contributed by atoms with E-state index in [1.54, 1.807) is 18.2 Å². The summed E-state index contributed by atoms with van der Waals surface area (Å²) in [6, 6.07) is 5.15. The van der Waals surface area contributed by atoms with E-state index in [0.29, 0.717) is 16.3 Å². The highest BCUT2D eigenvalue weighted by Crippen LogP contribution is 2.33. The van der Waals surface area contributed by atoms with Crippen LogP contribution >= 0.6 is 11.6 Å². The van der Waals surface area contributed by atoms with Crippen LogP contribution in [0.2, 0.25) is 5.02 Å². The van der Waals surface area contributed by atoms with Crippen molar-refractivity contribution in [2.75, 3.05) is 5.32 Å². The van der Waals surface area contributed by atoms with Crippen LogP contribution in [0.1, 0.15) is 25.8 Å². The third-order valence-corrected chi connectivity index (χ3v) is 3.38. The number of benzene rings is 1. The first kappa shape index (κ1) is 12.8. The van der Waals surface area contributed by atoms with Gasteiger partial charge in [0.25, 0.3) is 5.91 Å². The number of halogens is 1. The average Bonchev–Trinajstić information content (AvgIpc) is 2.64. The molecule has 1 aliphatic rings. The molecule has 0 radical (unpaired) electrons. The number of hydrogen-bond acceptors (Lipinski definition) is 2. The Balaban J connectivity index is 2.39. The molecule has 0 saturated carbocycles. The summed E-state index contributed by atoms with van der Waals surface area (Å²) >= 11 is 5.86. The Labute approximate surface area is 111 Å². The van der Waals surface area contributed by atoms with Gasteiger partial charge in [0.2, 0.25) is 0 Å². The van der Waals surface area contributed by atoms with Gasteiger partial charge in [0.15, 0.2) is 5.78 Å². The van der Waals surface area contributed by atoms with E-state index >= 15 is 0 Å². The van der Waals surface area contributed by atoms with Crippen LogP contribution in [-0.4, -0.2) is 11.7 Å². The van der Waals surface area contributed by atoms with Gasteiger partial charge in [0, 0.05) is 16.5 Å². The van der Waals surface area contributed by atoms with Crippen LogP contribution in [0.5, 0.6) is 0 Å². The number of hydrogen-bond donors (Lipinski definition) is 1. The summed E-state index contributed by atoms with van der Waals surface area (Å²) in [6.45, 7) is 3.80. The van der Waals surface area contributed by atoms with Gasteiger partial charge in [-0.1, -0.05) is 31.5 Å². The maximum absolute atomic E-state index is 11.9. The first-order chi connectivity index (χ1) is 8.52. The summed E-state index contributed by atoms with van der Waals surface area (Å²) in [4.78, 5) is 23.7. The molecule has 1 aliphatic heterocycles. The molecule has 1 aromatic carbocycles. The summed E-state index contributed by atoms with van der Waals surface area (Å²) in [7, 11) is 0. The van der Waals surface area contributed by atoms with Gasteiger partial charge in [-0.05, 0) is 24.6 Å². The summed E-state index contributed by atoms with van der Waals surface area (Å²) in [5, 5.41) is 3.27. The number of allylic oxidation sites excluding steroid dienone is 1. The van der Waals surface area contributed by atoms with Crippen molar-refractivity contribution in [1.29, 1.82) is 0 Å². The number of ketones is 1. The molecule has 0 aliphatic carbocycles. The minimum Gasteiger partial charge on any atom is -0.321 e. The lowest BCUT2D eigenvalue weighted by molar-refractivity contribution is -0.118. The van der Waals surface area contributed by atoms with Crippen LogP contribution in [0.15, 0.2) is 24.3 Å². The molecule has 0 bridgehead atoms. The Morgan fingerprint density at radius 1 is 1.50 bits per heavy atom. The monoisotopic (exact) mass is 263 g/mol. The molecule has 1 heterocycles. The number of carbonyl (C=O) groups is 2. The highest BCUT2D eigenvalue weighted by molar-refractivity contribution is 6.36. The van der Waals surface area contributed by atoms with Crippen LogP contribution in [0.3, 0.4) is 0 Å². The molecule has 1 aromatic rings. The van der Waals surface area contributed by atoms with E-state index in [4.69, 9.17) is 11.6 Å². The van der Waals surface area contributed by atoms with Crippen LogP contribution in [0.4, 0.5) is 5.69 Å². The minimum absolute atomic E-state index is 0.0227. The van der Waals surface area contributed by atoms with Crippen molar-refractivity contribution in [3.05, 3.63) is 34.9 Å². The van der Waals surface area contributed by atoms with Gasteiger partial charge < -0.3 is 5.32 Å². The van der Waals surface area contributed by atoms with Gasteiger partial charge in [-0.3, -0.25) is 9.59 Å². The van der Waals surface area contributed by atoms with Gasteiger partial charge in [-0.15, -0.1) is 0 Å². The molecule has 3 nitrogen and oxygen atoms in total. The maximum Gasteiger partial charge on any atom is 0.256 e. The average molecular weight is 264 g/mol. The number of carbonyl (C=O) groups excluding carboxylic acids is 2. The third-order valence-electron chi connectivity index (χ3n) is 3.15. The Kier molecular flexibility index (Phi) is 3.53. The molecule has 1 atom stereocenters. The van der Waals surface area contributed by atoms with E-state index in [0.717, 1.165) is 12.0 Å². The van der Waals surface area contributed by atoms with E-state index in [1.165, 1.54) is 6.08 Å². The van der Waals surface area contributed by atoms with Gasteiger partial charge in [0.05, 0.1) is 11.3 Å². The first-order valence-corrected chi connectivity index (χ1v) is 6.27. The predicted octanol–water partition coefficient (Wildman–Crippen LogP) is 3.29. The second kappa shape index (κ2) is 4.94. The van der Waals surface area contributed by atoms with Crippen molar-refractivity contribution in [3.63, 3.8) is 0 Å². The Morgan fingerprint density at radius 3 is 2.89 bits per heavy atom. The molecule has 1 amide bonds. The van der Waals surface area contributed by atoms with Crippen LogP contribution < -0.4 is 5.32 Å². The number of rotatable bonds is 3. The standard InChI is InChI=1S/C14H14ClNO2/c1-3-8(2)13(17)7-11-10-5-4-9(15)6-12(10)16-14(11)18/h4-8H,3H2,1-2H3,(H,16,18)/b11-7+. The van der Waals surface area contributed by atoms with E-state index in [9.17, 15) is 9.59 Å². The molecule has 1 unspecified atom stereocenters. The zero-order chi connectivity index (χ0) is 13.3. The Bertz CT molecular complexity index is 549. The fourth-order valence-electron chi connectivity index (χ4n) is 1.80. The highest BCUT2D eigenvalue weighted by atomic mass is 35.5. The molecule has 0 spiro atoms. The summed E-state index contributed by atoms with van der Waals surface area (Å²) in [6.07, 6.45) is 2.20. The zero-order valence-corrected chi connectivity index (χ0v) is 11.0. The minimum atomic E-state index is -0.246. The number of amides is 1. The Morgan fingerprint density at radius 2 is 2.22 bits per heavy atom. The van der Waals surface area contributed by atoms with Crippen molar-refractivity contribution in [2.24, 2.45) is 5.92 Å². The van der Waals surface area contributed by atoms with E-state index < -0.39 is 0 Å². The molecule has 94 valence electrons. The SMILES string of the molecule is CCC(C)C(=O)/C=C1/C(=O)Nc2cc(Cl)ccc21. The largest absolute Gasteiger partial charge is 0.321 e. The number of fused-ring (bicyclic) bond motifs is 1. The van der Waals surface area contributed by atoms with Gasteiger partial charge in [-0.25, -0.2) is 0 Å². The smallest absolute Gasteiger partial charge is 0.256 e. The molecule has 2 rings (SSSR count). The highest BCUT2D eigenvalue weighted by Gasteiger charge is 2.25. The van der Waals surface area contributed by atoms with Crippen LogP contribution in [0, 0.1) is 5.92 Å². The second-order valence-electron chi connectivity index (χ2n) is 4.41. The van der Waals surface area contributed by atoms with E-state index in [2.05, 4.69) is 5.32 Å². The fourth-order valence-corrected chi connectivity index (χ4v) is 1.97. The molecule has 0 aromatic heterocycles. The lowest BCUT2D eigenvalue weighted by Crippen LogP contribution is -2.10. The number of anilines is 1. The van der Waals surface area contributed by atoms with Crippen molar-refractivity contribution in [3.8, 4) is 0 Å². The lowest BCUT2D eigenvalue weighted by atomic mass is 9.99. The molecule has 0 fully saturated rings. The Hall–Kier alpha value is -1.61. The second-order valence-corrected chi connectivity index (χ2v) is 4.85. The topological polar surface area (TPSA) is 46.2 Å². The van der Waals surface area contributed by atoms with E-state index in [1.807, 2.05) is 13.8 Å². The van der Waals surface area contributed by atoms with Gasteiger partial charge in [-0.2, -0.15) is 0 Å². The lowest BCUT2D eigenvalue weighted by Gasteiger charge is -2.03. The molecule has 4 heteroatoms. The quantitative estimate of drug-likeness (QED) is 0.851. The summed E-state index contributed by atoms with van der Waals surface area (Å²) in [5.41, 5.74) is 1.82. The van der Waals surface area contributed by atoms with Gasteiger partial charge in [0.1, 0.15) is 0 Å². The van der Waals surface area contributed by atoms with Crippen molar-refractivity contribution >= 4 is 34.6 Å². The van der Waals surface area contributed by atoms with Gasteiger partial charge >= 0.3 is 0 Å². The fraction of sp³-hybridized carbons (Fsp3) is 0.286. The van der Waals surface area contributed by atoms with Crippen LogP contribution in [-0.2, 0) is 9.59 Å². The third kappa shape index (κ3) is 2.31. The van der Waals surface area contributed by atoms with Crippen molar-refractivity contribution < 1.29 is 9.59 Å². The normalized spacial score (nSPS) is 17.5. The first-order valence-electron chi connectivity index (χ1n) is 5.89. The number of nitrogens with one attached hydrogen (secondary N) is 1. The zero-order valence-electron chi connectivity index (χ0n) is 10.3. The molecular formula is C14H14ClNO2. The van der Waals surface area contributed by atoms with E-state index in [-0.39, 0.29) is 17.6 Å². The summed E-state index contributed by atoms with van der Waals surface area (Å²) in [5.74, 6) is -0.337. The van der Waals surface area contributed by atoms with Crippen molar-refractivity contribution in [1.82, 2.24) is 0 Å². The molecular weight excluding hydrogens is 250 g/mol. The molecule has 18 heavy (non-hydrogen) atoms. The summed E-state index contributed by atoms with van der Waals surface area (Å²) < 4.78 is 0. The molecule has 0 saturated heterocycles. The van der Waals surface area contributed by atoms with Crippen LogP contribution in [0.25, 0.3) is 5.57 Å². The van der Waals surface area contributed by atoms with Crippen molar-refractivity contribution in [2.45, 2.75) is 20.3 Å².